The van der Waals surface area contributed by atoms with Gasteiger partial charge < -0.3 is 15.0 Å². The summed E-state index contributed by atoms with van der Waals surface area (Å²) < 4.78 is 6.39. The number of thiophene rings is 1. The molecule has 8 heteroatoms. The number of carbonyl (C=O) groups excluding carboxylic acids is 1. The largest absolute Gasteiger partial charge is 0.444 e. The molecule has 1 aliphatic rings. The van der Waals surface area contributed by atoms with Gasteiger partial charge in [-0.25, -0.2) is 4.79 Å². The van der Waals surface area contributed by atoms with Crippen molar-refractivity contribution in [1.29, 1.82) is 0 Å². The zero-order valence-corrected chi connectivity index (χ0v) is 15.6. The molecular weight excluding hydrogens is 348 g/mol. The molecule has 6 nitrogen and oxygen atoms in total. The SMILES string of the molecule is CC(C)(C)OC(=O)N1CCC[C@@H](Nc2nnc(Cl)c3sccc23)C1. The first kappa shape index (κ1) is 17.2. The number of hydrogen-bond donors (Lipinski definition) is 1. The Hall–Kier alpha value is -1.60. The van der Waals surface area contributed by atoms with Crippen LogP contribution in [0.5, 0.6) is 0 Å². The van der Waals surface area contributed by atoms with Crippen molar-refractivity contribution in [3.8, 4) is 0 Å². The molecule has 24 heavy (non-hydrogen) atoms. The van der Waals surface area contributed by atoms with E-state index in [0.717, 1.165) is 22.9 Å². The lowest BCUT2D eigenvalue weighted by atomic mass is 10.1. The normalized spacial score (nSPS) is 18.7. The van der Waals surface area contributed by atoms with E-state index in [1.165, 1.54) is 0 Å². The van der Waals surface area contributed by atoms with E-state index in [2.05, 4.69) is 15.5 Å². The third-order valence-corrected chi connectivity index (χ3v) is 5.06. The summed E-state index contributed by atoms with van der Waals surface area (Å²) in [6.45, 7) is 6.93. The molecule has 3 heterocycles. The van der Waals surface area contributed by atoms with Crippen LogP contribution in [0.2, 0.25) is 5.15 Å². The molecule has 0 aliphatic carbocycles. The summed E-state index contributed by atoms with van der Waals surface area (Å²) in [5, 5.41) is 15.0. The van der Waals surface area contributed by atoms with Gasteiger partial charge in [0.25, 0.3) is 0 Å². The summed E-state index contributed by atoms with van der Waals surface area (Å²) in [7, 11) is 0. The number of ether oxygens (including phenoxy) is 1. The van der Waals surface area contributed by atoms with E-state index in [1.54, 1.807) is 16.2 Å². The summed E-state index contributed by atoms with van der Waals surface area (Å²) in [4.78, 5) is 14.0. The number of carbonyl (C=O) groups is 1. The number of likely N-dealkylation sites (tertiary alicyclic amines) is 1. The Morgan fingerprint density at radius 3 is 3.00 bits per heavy atom. The Morgan fingerprint density at radius 2 is 2.25 bits per heavy atom. The van der Waals surface area contributed by atoms with E-state index in [-0.39, 0.29) is 12.1 Å². The minimum absolute atomic E-state index is 0.116. The molecule has 3 rings (SSSR count). The van der Waals surface area contributed by atoms with Crippen LogP contribution in [0.25, 0.3) is 10.1 Å². The monoisotopic (exact) mass is 368 g/mol. The van der Waals surface area contributed by atoms with E-state index < -0.39 is 5.60 Å². The van der Waals surface area contributed by atoms with Crippen molar-refractivity contribution < 1.29 is 9.53 Å². The van der Waals surface area contributed by atoms with Crippen LogP contribution in [-0.2, 0) is 4.74 Å². The van der Waals surface area contributed by atoms with Crippen LogP contribution in [0.4, 0.5) is 10.6 Å². The second-order valence-corrected chi connectivity index (χ2v) is 8.19. The lowest BCUT2D eigenvalue weighted by Gasteiger charge is -2.34. The zero-order valence-electron chi connectivity index (χ0n) is 14.0. The third kappa shape index (κ3) is 3.89. The smallest absolute Gasteiger partial charge is 0.410 e. The molecule has 1 aliphatic heterocycles. The Balaban J connectivity index is 1.70. The van der Waals surface area contributed by atoms with Crippen LogP contribution in [-0.4, -0.2) is 45.9 Å². The Bertz CT molecular complexity index is 743. The van der Waals surface area contributed by atoms with E-state index in [0.29, 0.717) is 24.1 Å². The highest BCUT2D eigenvalue weighted by Gasteiger charge is 2.28. The summed E-state index contributed by atoms with van der Waals surface area (Å²) >= 11 is 7.62. The number of nitrogens with one attached hydrogen (secondary N) is 1. The van der Waals surface area contributed by atoms with Gasteiger partial charge in [-0.1, -0.05) is 11.6 Å². The van der Waals surface area contributed by atoms with Crippen molar-refractivity contribution in [2.75, 3.05) is 18.4 Å². The van der Waals surface area contributed by atoms with Crippen molar-refractivity contribution in [2.45, 2.75) is 45.3 Å². The first-order chi connectivity index (χ1) is 11.3. The highest BCUT2D eigenvalue weighted by atomic mass is 35.5. The van der Waals surface area contributed by atoms with Crippen molar-refractivity contribution >= 4 is 44.9 Å². The number of amides is 1. The summed E-state index contributed by atoms with van der Waals surface area (Å²) in [5.74, 6) is 0.715. The van der Waals surface area contributed by atoms with Gasteiger partial charge >= 0.3 is 6.09 Å². The minimum Gasteiger partial charge on any atom is -0.444 e. The first-order valence-corrected chi connectivity index (χ1v) is 9.23. The fourth-order valence-electron chi connectivity index (χ4n) is 2.74. The number of piperidine rings is 1. The average Bonchev–Trinajstić information content (AvgIpc) is 2.99. The van der Waals surface area contributed by atoms with E-state index in [4.69, 9.17) is 16.3 Å². The van der Waals surface area contributed by atoms with Crippen LogP contribution in [0.15, 0.2) is 11.4 Å². The number of halogens is 1. The average molecular weight is 369 g/mol. The van der Waals surface area contributed by atoms with Gasteiger partial charge in [0.2, 0.25) is 0 Å². The van der Waals surface area contributed by atoms with Gasteiger partial charge in [0.15, 0.2) is 11.0 Å². The molecular formula is C16H21ClN4O2S. The van der Waals surface area contributed by atoms with Crippen LogP contribution >= 0.6 is 22.9 Å². The summed E-state index contributed by atoms with van der Waals surface area (Å²) in [5.41, 5.74) is -0.484. The minimum atomic E-state index is -0.484. The van der Waals surface area contributed by atoms with Crippen molar-refractivity contribution in [3.63, 3.8) is 0 Å². The van der Waals surface area contributed by atoms with Gasteiger partial charge in [0.05, 0.1) is 4.70 Å². The maximum absolute atomic E-state index is 12.3. The topological polar surface area (TPSA) is 67.3 Å². The molecule has 130 valence electrons. The van der Waals surface area contributed by atoms with Gasteiger partial charge in [-0.3, -0.25) is 0 Å². The summed E-state index contributed by atoms with van der Waals surface area (Å²) in [6.07, 6.45) is 1.62. The predicted molar refractivity (Wildman–Crippen MR) is 96.9 cm³/mol. The molecule has 1 N–H and O–H groups in total. The van der Waals surface area contributed by atoms with Crippen molar-refractivity contribution in [1.82, 2.24) is 15.1 Å². The second-order valence-electron chi connectivity index (χ2n) is 6.91. The van der Waals surface area contributed by atoms with E-state index in [1.807, 2.05) is 32.2 Å². The van der Waals surface area contributed by atoms with Gasteiger partial charge in [0.1, 0.15) is 5.60 Å². The second kappa shape index (κ2) is 6.72. The Labute approximate surface area is 150 Å². The number of rotatable bonds is 2. The third-order valence-electron chi connectivity index (χ3n) is 3.76. The fraction of sp³-hybridized carbons (Fsp3) is 0.562. The number of aromatic nitrogens is 2. The molecule has 0 aromatic carbocycles. The maximum atomic E-state index is 12.3. The molecule has 1 saturated heterocycles. The van der Waals surface area contributed by atoms with E-state index in [9.17, 15) is 4.79 Å². The predicted octanol–water partition coefficient (Wildman–Crippen LogP) is 4.16. The lowest BCUT2D eigenvalue weighted by Crippen LogP contribution is -2.47. The Kier molecular flexibility index (Phi) is 4.83. The molecule has 0 saturated carbocycles. The standard InChI is InChI=1S/C16H21ClN4O2S/c1-16(2,3)23-15(22)21-7-4-5-10(9-21)18-14-11-6-8-24-12(11)13(17)19-20-14/h6,8,10H,4-5,7,9H2,1-3H3,(H,18,20)/t10-/m1/s1. The molecule has 1 fully saturated rings. The highest BCUT2D eigenvalue weighted by molar-refractivity contribution is 7.17. The van der Waals surface area contributed by atoms with Gasteiger partial charge in [-0.15, -0.1) is 21.5 Å². The van der Waals surface area contributed by atoms with Crippen LogP contribution in [0.3, 0.4) is 0 Å². The maximum Gasteiger partial charge on any atom is 0.410 e. The van der Waals surface area contributed by atoms with Crippen LogP contribution < -0.4 is 5.32 Å². The molecule has 0 unspecified atom stereocenters. The van der Waals surface area contributed by atoms with Crippen molar-refractivity contribution in [2.24, 2.45) is 0 Å². The van der Waals surface area contributed by atoms with Gasteiger partial charge in [0, 0.05) is 24.5 Å². The number of anilines is 1. The molecule has 0 spiro atoms. The molecule has 0 radical (unpaired) electrons. The number of nitrogens with zero attached hydrogens (tertiary/aromatic N) is 3. The number of fused-ring (bicyclic) bond motifs is 1. The molecule has 2 aromatic rings. The molecule has 2 aromatic heterocycles. The van der Waals surface area contributed by atoms with Gasteiger partial charge in [-0.05, 0) is 45.1 Å². The first-order valence-electron chi connectivity index (χ1n) is 7.97. The fourth-order valence-corrected chi connectivity index (χ4v) is 3.78. The molecule has 1 atom stereocenters. The number of hydrogen-bond acceptors (Lipinski definition) is 6. The van der Waals surface area contributed by atoms with E-state index >= 15 is 0 Å². The summed E-state index contributed by atoms with van der Waals surface area (Å²) in [6, 6.07) is 2.10. The Morgan fingerprint density at radius 1 is 1.46 bits per heavy atom. The van der Waals surface area contributed by atoms with Gasteiger partial charge in [-0.2, -0.15) is 0 Å². The van der Waals surface area contributed by atoms with Crippen LogP contribution in [0.1, 0.15) is 33.6 Å². The van der Waals surface area contributed by atoms with Crippen LogP contribution in [0, 0.1) is 0 Å². The molecule has 1 amide bonds. The molecule has 0 bridgehead atoms. The van der Waals surface area contributed by atoms with Crippen molar-refractivity contribution in [3.05, 3.63) is 16.6 Å². The highest BCUT2D eigenvalue weighted by Crippen LogP contribution is 2.31. The zero-order chi connectivity index (χ0) is 17.3. The quantitative estimate of drug-likeness (QED) is 0.862. The lowest BCUT2D eigenvalue weighted by molar-refractivity contribution is 0.0206.